The molecule has 7 nitrogen and oxygen atoms in total. The molecule has 140 valence electrons. The van der Waals surface area contributed by atoms with Gasteiger partial charge in [0, 0.05) is 5.56 Å². The van der Waals surface area contributed by atoms with Gasteiger partial charge >= 0.3 is 5.97 Å². The Balaban J connectivity index is 1.93. The van der Waals surface area contributed by atoms with Gasteiger partial charge in [-0.25, -0.2) is 9.78 Å². The monoisotopic (exact) mass is 393 g/mol. The first-order valence-electron chi connectivity index (χ1n) is 8.10. The van der Waals surface area contributed by atoms with Crippen molar-refractivity contribution < 1.29 is 14.3 Å². The number of benzene rings is 2. The molecule has 1 aromatic heterocycles. The molecule has 0 bridgehead atoms. The van der Waals surface area contributed by atoms with Crippen molar-refractivity contribution in [3.8, 4) is 28.8 Å². The fraction of sp³-hybridized carbons (Fsp3) is 0.100. The van der Waals surface area contributed by atoms with Gasteiger partial charge in [0.2, 0.25) is 0 Å². The number of esters is 1. The number of H-pyrrole nitrogens is 1. The number of ether oxygens (including phenoxy) is 2. The third-order valence-electron chi connectivity index (χ3n) is 3.85. The maximum absolute atomic E-state index is 12.3. The molecule has 28 heavy (non-hydrogen) atoms. The van der Waals surface area contributed by atoms with Crippen molar-refractivity contribution in [1.29, 1.82) is 5.26 Å². The molecule has 0 fully saturated rings. The lowest BCUT2D eigenvalue weighted by atomic mass is 10.1. The second-order valence-corrected chi connectivity index (χ2v) is 6.35. The summed E-state index contributed by atoms with van der Waals surface area (Å²) in [6.07, 6.45) is 1.77. The van der Waals surface area contributed by atoms with Gasteiger partial charge in [-0.2, -0.15) is 5.26 Å². The average Bonchev–Trinajstić information content (AvgIpc) is 2.73. The molecule has 0 aliphatic carbocycles. The minimum absolute atomic E-state index is 0.101. The lowest BCUT2D eigenvalue weighted by Gasteiger charge is -2.08. The molecule has 1 heterocycles. The zero-order valence-corrected chi connectivity index (χ0v) is 15.9. The highest BCUT2D eigenvalue weighted by atomic mass is 32.2. The first-order chi connectivity index (χ1) is 13.5. The third-order valence-corrected chi connectivity index (χ3v) is 4.43. The molecule has 1 N–H and O–H groups in total. The van der Waals surface area contributed by atoms with Crippen LogP contribution in [0.2, 0.25) is 0 Å². The fourth-order valence-corrected chi connectivity index (χ4v) is 2.84. The van der Waals surface area contributed by atoms with Crippen LogP contribution in [0, 0.1) is 11.3 Å². The summed E-state index contributed by atoms with van der Waals surface area (Å²) in [5.41, 5.74) is 0.479. The van der Waals surface area contributed by atoms with Gasteiger partial charge in [-0.05, 0) is 42.7 Å². The highest BCUT2D eigenvalue weighted by Crippen LogP contribution is 2.25. The molecule has 0 saturated carbocycles. The lowest BCUT2D eigenvalue weighted by molar-refractivity contribution is 0.0735. The molecule has 0 atom stereocenters. The van der Waals surface area contributed by atoms with Crippen LogP contribution in [0.15, 0.2) is 58.5 Å². The second-order valence-electron chi connectivity index (χ2n) is 5.56. The number of thioether (sulfide) groups is 1. The lowest BCUT2D eigenvalue weighted by Crippen LogP contribution is -2.14. The van der Waals surface area contributed by atoms with Crippen LogP contribution in [0.4, 0.5) is 0 Å². The number of rotatable bonds is 5. The molecule has 0 radical (unpaired) electrons. The molecule has 0 aliphatic heterocycles. The van der Waals surface area contributed by atoms with Gasteiger partial charge in [-0.15, -0.1) is 0 Å². The Bertz CT molecular complexity index is 1120. The van der Waals surface area contributed by atoms with Gasteiger partial charge in [-0.1, -0.05) is 23.9 Å². The largest absolute Gasteiger partial charge is 0.497 e. The summed E-state index contributed by atoms with van der Waals surface area (Å²) in [5, 5.41) is 9.71. The van der Waals surface area contributed by atoms with E-state index in [1.165, 1.54) is 11.8 Å². The van der Waals surface area contributed by atoms with Crippen molar-refractivity contribution in [2.24, 2.45) is 0 Å². The summed E-state index contributed by atoms with van der Waals surface area (Å²) in [5.74, 6) is 0.367. The Labute approximate surface area is 165 Å². The van der Waals surface area contributed by atoms with Crippen molar-refractivity contribution in [3.63, 3.8) is 0 Å². The van der Waals surface area contributed by atoms with E-state index in [0.717, 1.165) is 0 Å². The molecule has 0 aliphatic rings. The van der Waals surface area contributed by atoms with Gasteiger partial charge in [-0.3, -0.25) is 4.79 Å². The summed E-state index contributed by atoms with van der Waals surface area (Å²) in [6, 6.07) is 14.9. The normalized spacial score (nSPS) is 10.2. The van der Waals surface area contributed by atoms with E-state index in [1.807, 2.05) is 6.07 Å². The van der Waals surface area contributed by atoms with E-state index in [2.05, 4.69) is 9.97 Å². The van der Waals surface area contributed by atoms with Crippen LogP contribution in [0.1, 0.15) is 15.9 Å². The van der Waals surface area contributed by atoms with Gasteiger partial charge in [0.1, 0.15) is 23.1 Å². The van der Waals surface area contributed by atoms with Gasteiger partial charge in [0.25, 0.3) is 5.56 Å². The molecule has 0 spiro atoms. The highest BCUT2D eigenvalue weighted by Gasteiger charge is 2.15. The first-order valence-corrected chi connectivity index (χ1v) is 9.33. The quantitative estimate of drug-likeness (QED) is 0.307. The van der Waals surface area contributed by atoms with E-state index >= 15 is 0 Å². The topological polar surface area (TPSA) is 105 Å². The number of hydrogen-bond donors (Lipinski definition) is 1. The van der Waals surface area contributed by atoms with Crippen molar-refractivity contribution in [1.82, 2.24) is 9.97 Å². The number of carbonyl (C=O) groups excluding carboxylic acids is 1. The minimum atomic E-state index is -0.538. The molecule has 8 heteroatoms. The van der Waals surface area contributed by atoms with E-state index < -0.39 is 11.5 Å². The van der Waals surface area contributed by atoms with Gasteiger partial charge < -0.3 is 14.5 Å². The maximum Gasteiger partial charge on any atom is 0.343 e. The Kier molecular flexibility index (Phi) is 5.77. The number of nitrogens with one attached hydrogen (secondary N) is 1. The number of aromatic amines is 1. The molecule has 3 aromatic rings. The van der Waals surface area contributed by atoms with Crippen molar-refractivity contribution in [2.45, 2.75) is 5.16 Å². The summed E-state index contributed by atoms with van der Waals surface area (Å²) in [4.78, 5) is 31.3. The summed E-state index contributed by atoms with van der Waals surface area (Å²) in [6.45, 7) is 0. The maximum atomic E-state index is 12.3. The molecular weight excluding hydrogens is 378 g/mol. The van der Waals surface area contributed by atoms with Crippen LogP contribution >= 0.6 is 11.8 Å². The zero-order chi connectivity index (χ0) is 20.1. The number of aromatic nitrogens is 2. The summed E-state index contributed by atoms with van der Waals surface area (Å²) >= 11 is 1.25. The molecule has 0 amide bonds. The zero-order valence-electron chi connectivity index (χ0n) is 15.1. The standard InChI is InChI=1S/C20H15N3O4S/c1-26-14-8-6-12(7-9-14)19(25)27-15-5-3-4-13(10-15)17-16(11-21)18(24)23-20(22-17)28-2/h3-10H,1-2H3,(H,22,23,24). The number of nitrogens with zero attached hydrogens (tertiary/aromatic N) is 2. The first kappa shape index (κ1) is 19.2. The molecule has 2 aromatic carbocycles. The average molecular weight is 393 g/mol. The Morgan fingerprint density at radius 2 is 1.93 bits per heavy atom. The number of hydrogen-bond acceptors (Lipinski definition) is 7. The van der Waals surface area contributed by atoms with Crippen molar-refractivity contribution in [2.75, 3.05) is 13.4 Å². The van der Waals surface area contributed by atoms with E-state index in [9.17, 15) is 14.9 Å². The van der Waals surface area contributed by atoms with Crippen molar-refractivity contribution in [3.05, 3.63) is 70.0 Å². The van der Waals surface area contributed by atoms with Gasteiger partial charge in [0.15, 0.2) is 5.16 Å². The Morgan fingerprint density at radius 3 is 2.57 bits per heavy atom. The predicted molar refractivity (Wildman–Crippen MR) is 105 cm³/mol. The number of carbonyl (C=O) groups is 1. The van der Waals surface area contributed by atoms with Crippen LogP contribution < -0.4 is 15.0 Å². The molecular formula is C20H15N3O4S. The molecule has 0 unspecified atom stereocenters. The SMILES string of the molecule is COc1ccc(C(=O)Oc2cccc(-c3nc(SC)[nH]c(=O)c3C#N)c2)cc1. The highest BCUT2D eigenvalue weighted by molar-refractivity contribution is 7.98. The third kappa shape index (κ3) is 4.05. The van der Waals surface area contributed by atoms with Crippen molar-refractivity contribution >= 4 is 17.7 Å². The molecule has 0 saturated heterocycles. The smallest absolute Gasteiger partial charge is 0.343 e. The summed E-state index contributed by atoms with van der Waals surface area (Å²) < 4.78 is 10.5. The molecule has 3 rings (SSSR count). The number of nitriles is 1. The number of methoxy groups -OCH3 is 1. The van der Waals surface area contributed by atoms with Crippen LogP contribution in [-0.4, -0.2) is 29.3 Å². The predicted octanol–water partition coefficient (Wildman–Crippen LogP) is 3.26. The fourth-order valence-electron chi connectivity index (χ4n) is 2.46. The van der Waals surface area contributed by atoms with E-state index in [4.69, 9.17) is 9.47 Å². The van der Waals surface area contributed by atoms with E-state index in [0.29, 0.717) is 22.0 Å². The Morgan fingerprint density at radius 1 is 1.18 bits per heavy atom. The van der Waals surface area contributed by atoms with E-state index in [1.54, 1.807) is 61.9 Å². The van der Waals surface area contributed by atoms with Crippen LogP contribution in [0.5, 0.6) is 11.5 Å². The summed E-state index contributed by atoms with van der Waals surface area (Å²) in [7, 11) is 1.54. The van der Waals surface area contributed by atoms with E-state index in [-0.39, 0.29) is 17.0 Å². The van der Waals surface area contributed by atoms with Crippen LogP contribution in [-0.2, 0) is 0 Å². The second kappa shape index (κ2) is 8.41. The van der Waals surface area contributed by atoms with Gasteiger partial charge in [0.05, 0.1) is 18.4 Å². The van der Waals surface area contributed by atoms with Crippen LogP contribution in [0.3, 0.4) is 0 Å². The minimum Gasteiger partial charge on any atom is -0.497 e. The Hall–Kier alpha value is -3.57. The van der Waals surface area contributed by atoms with Crippen LogP contribution in [0.25, 0.3) is 11.3 Å².